The van der Waals surface area contributed by atoms with E-state index in [1.54, 1.807) is 0 Å². The van der Waals surface area contributed by atoms with E-state index in [2.05, 4.69) is 77.1 Å². The van der Waals surface area contributed by atoms with Crippen LogP contribution in [0.1, 0.15) is 30.9 Å². The summed E-state index contributed by atoms with van der Waals surface area (Å²) in [5.74, 6) is 0.929. The molecule has 0 saturated carbocycles. The number of likely N-dealkylation sites (tertiary alicyclic amines) is 1. The molecule has 4 nitrogen and oxygen atoms in total. The van der Waals surface area contributed by atoms with Crippen LogP contribution >= 0.6 is 24.0 Å². The quantitative estimate of drug-likeness (QED) is 0.374. The Bertz CT molecular complexity index is 667. The molecule has 0 aromatic heterocycles. The molecule has 1 aliphatic rings. The molecule has 3 rings (SSSR count). The van der Waals surface area contributed by atoms with E-state index in [4.69, 9.17) is 4.99 Å². The maximum atomic E-state index is 4.75. The van der Waals surface area contributed by atoms with Gasteiger partial charge in [0.15, 0.2) is 5.96 Å². The minimum Gasteiger partial charge on any atom is -0.357 e. The second-order valence-corrected chi connectivity index (χ2v) is 6.86. The second kappa shape index (κ2) is 12.0. The highest BCUT2D eigenvalue weighted by atomic mass is 127. The van der Waals surface area contributed by atoms with Gasteiger partial charge >= 0.3 is 0 Å². The topological polar surface area (TPSA) is 39.7 Å². The van der Waals surface area contributed by atoms with Crippen LogP contribution in [-0.4, -0.2) is 36.5 Å². The van der Waals surface area contributed by atoms with Crippen molar-refractivity contribution in [3.8, 4) is 0 Å². The summed E-state index contributed by atoms with van der Waals surface area (Å²) >= 11 is 0. The Labute approximate surface area is 180 Å². The summed E-state index contributed by atoms with van der Waals surface area (Å²) in [6.07, 6.45) is 2.31. The Kier molecular flexibility index (Phi) is 9.62. The highest BCUT2D eigenvalue weighted by Gasteiger charge is 2.19. The van der Waals surface area contributed by atoms with Gasteiger partial charge in [0.05, 0.1) is 6.54 Å². The minimum absolute atomic E-state index is 0. The maximum absolute atomic E-state index is 4.75. The lowest BCUT2D eigenvalue weighted by Gasteiger charge is -2.33. The fourth-order valence-corrected chi connectivity index (χ4v) is 3.34. The minimum atomic E-state index is 0. The van der Waals surface area contributed by atoms with Crippen molar-refractivity contribution < 1.29 is 0 Å². The zero-order valence-corrected chi connectivity index (χ0v) is 18.4. The number of rotatable bonds is 6. The van der Waals surface area contributed by atoms with Crippen molar-refractivity contribution in [3.05, 3.63) is 71.8 Å². The molecular weight excluding hydrogens is 447 g/mol. The normalized spacial score (nSPS) is 15.8. The summed E-state index contributed by atoms with van der Waals surface area (Å²) in [6, 6.07) is 21.6. The summed E-state index contributed by atoms with van der Waals surface area (Å²) in [5.41, 5.74) is 2.64. The lowest BCUT2D eigenvalue weighted by atomic mass is 10.0. The number of nitrogens with one attached hydrogen (secondary N) is 2. The number of nitrogens with zero attached hydrogens (tertiary/aromatic N) is 2. The zero-order chi connectivity index (χ0) is 18.0. The van der Waals surface area contributed by atoms with Crippen LogP contribution in [0.4, 0.5) is 0 Å². The molecule has 0 unspecified atom stereocenters. The fraction of sp³-hybridized carbons (Fsp3) is 0.409. The van der Waals surface area contributed by atoms with Gasteiger partial charge in [0.25, 0.3) is 0 Å². The van der Waals surface area contributed by atoms with Gasteiger partial charge in [-0.25, -0.2) is 4.99 Å². The Balaban J connectivity index is 0.00000261. The standard InChI is InChI=1S/C22H30N4.HI/c1-2-23-22(24-17-19-9-5-3-6-10-19)25-21-13-15-26(16-14-21)18-20-11-7-4-8-12-20;/h3-12,21H,2,13-18H2,1H3,(H2,23,24,25);1H. The first-order valence-electron chi connectivity index (χ1n) is 9.68. The molecule has 0 bridgehead atoms. The average Bonchev–Trinajstić information content (AvgIpc) is 2.69. The molecule has 0 atom stereocenters. The molecule has 27 heavy (non-hydrogen) atoms. The van der Waals surface area contributed by atoms with Crippen LogP contribution in [0.15, 0.2) is 65.7 Å². The Morgan fingerprint density at radius 1 is 0.963 bits per heavy atom. The van der Waals surface area contributed by atoms with E-state index in [1.807, 2.05) is 6.07 Å². The van der Waals surface area contributed by atoms with Crippen LogP contribution < -0.4 is 10.6 Å². The molecule has 0 spiro atoms. The number of aliphatic imine (C=N–C) groups is 1. The molecule has 2 aromatic carbocycles. The SMILES string of the molecule is CCNC(=NCc1ccccc1)NC1CCN(Cc2ccccc2)CC1.I. The van der Waals surface area contributed by atoms with E-state index in [1.165, 1.54) is 11.1 Å². The van der Waals surface area contributed by atoms with E-state index in [9.17, 15) is 0 Å². The van der Waals surface area contributed by atoms with Gasteiger partial charge < -0.3 is 10.6 Å². The fourth-order valence-electron chi connectivity index (χ4n) is 3.34. The van der Waals surface area contributed by atoms with E-state index in [-0.39, 0.29) is 24.0 Å². The number of hydrogen-bond donors (Lipinski definition) is 2. The maximum Gasteiger partial charge on any atom is 0.191 e. The van der Waals surface area contributed by atoms with Gasteiger partial charge in [0.1, 0.15) is 0 Å². The van der Waals surface area contributed by atoms with E-state index in [0.29, 0.717) is 12.6 Å². The van der Waals surface area contributed by atoms with Crippen molar-refractivity contribution in [1.29, 1.82) is 0 Å². The number of hydrogen-bond acceptors (Lipinski definition) is 2. The van der Waals surface area contributed by atoms with Crippen molar-refractivity contribution in [2.75, 3.05) is 19.6 Å². The van der Waals surface area contributed by atoms with Crippen LogP contribution in [0.3, 0.4) is 0 Å². The van der Waals surface area contributed by atoms with Crippen molar-refractivity contribution >= 4 is 29.9 Å². The average molecular weight is 478 g/mol. The van der Waals surface area contributed by atoms with Gasteiger partial charge in [-0.05, 0) is 30.9 Å². The molecule has 1 saturated heterocycles. The highest BCUT2D eigenvalue weighted by molar-refractivity contribution is 14.0. The zero-order valence-electron chi connectivity index (χ0n) is 16.1. The smallest absolute Gasteiger partial charge is 0.191 e. The Morgan fingerprint density at radius 2 is 1.56 bits per heavy atom. The summed E-state index contributed by atoms with van der Waals surface area (Å²) < 4.78 is 0. The summed E-state index contributed by atoms with van der Waals surface area (Å²) in [4.78, 5) is 7.29. The monoisotopic (exact) mass is 478 g/mol. The van der Waals surface area contributed by atoms with Crippen LogP contribution in [0.25, 0.3) is 0 Å². The summed E-state index contributed by atoms with van der Waals surface area (Å²) in [5, 5.41) is 7.00. The van der Waals surface area contributed by atoms with Crippen molar-refractivity contribution in [1.82, 2.24) is 15.5 Å². The van der Waals surface area contributed by atoms with Crippen molar-refractivity contribution in [2.45, 2.75) is 38.9 Å². The molecule has 146 valence electrons. The first kappa shape index (κ1) is 21.7. The molecular formula is C22H31IN4. The van der Waals surface area contributed by atoms with Gasteiger partial charge in [0, 0.05) is 32.2 Å². The third-order valence-corrected chi connectivity index (χ3v) is 4.78. The predicted molar refractivity (Wildman–Crippen MR) is 125 cm³/mol. The third-order valence-electron chi connectivity index (χ3n) is 4.78. The van der Waals surface area contributed by atoms with E-state index >= 15 is 0 Å². The molecule has 1 fully saturated rings. The number of piperidine rings is 1. The van der Waals surface area contributed by atoms with E-state index < -0.39 is 0 Å². The number of guanidine groups is 1. The third kappa shape index (κ3) is 7.50. The predicted octanol–water partition coefficient (Wildman–Crippen LogP) is 4.02. The molecule has 0 aliphatic carbocycles. The van der Waals surface area contributed by atoms with Gasteiger partial charge in [-0.3, -0.25) is 4.90 Å². The van der Waals surface area contributed by atoms with Crippen LogP contribution in [-0.2, 0) is 13.1 Å². The van der Waals surface area contributed by atoms with Crippen LogP contribution in [0.2, 0.25) is 0 Å². The largest absolute Gasteiger partial charge is 0.357 e. The molecule has 5 heteroatoms. The lowest BCUT2D eigenvalue weighted by Crippen LogP contribution is -2.48. The Hall–Kier alpha value is -1.60. The van der Waals surface area contributed by atoms with Gasteiger partial charge in [0.2, 0.25) is 0 Å². The molecule has 1 aliphatic heterocycles. The van der Waals surface area contributed by atoms with Crippen molar-refractivity contribution in [2.24, 2.45) is 4.99 Å². The lowest BCUT2D eigenvalue weighted by molar-refractivity contribution is 0.198. The summed E-state index contributed by atoms with van der Waals surface area (Å²) in [7, 11) is 0. The van der Waals surface area contributed by atoms with Crippen molar-refractivity contribution in [3.63, 3.8) is 0 Å². The van der Waals surface area contributed by atoms with Gasteiger partial charge in [-0.2, -0.15) is 0 Å². The molecule has 1 heterocycles. The highest BCUT2D eigenvalue weighted by Crippen LogP contribution is 2.14. The van der Waals surface area contributed by atoms with Gasteiger partial charge in [-0.1, -0.05) is 60.7 Å². The van der Waals surface area contributed by atoms with Crippen LogP contribution in [0.5, 0.6) is 0 Å². The first-order valence-corrected chi connectivity index (χ1v) is 9.68. The van der Waals surface area contributed by atoms with Gasteiger partial charge in [-0.15, -0.1) is 24.0 Å². The molecule has 0 radical (unpaired) electrons. The van der Waals surface area contributed by atoms with Crippen LogP contribution in [0, 0.1) is 0 Å². The number of halogens is 1. The molecule has 2 aromatic rings. The summed E-state index contributed by atoms with van der Waals surface area (Å²) in [6.45, 7) is 7.02. The Morgan fingerprint density at radius 3 is 2.15 bits per heavy atom. The second-order valence-electron chi connectivity index (χ2n) is 6.86. The van der Waals surface area contributed by atoms with E-state index in [0.717, 1.165) is 45.0 Å². The molecule has 2 N–H and O–H groups in total. The number of benzene rings is 2. The first-order chi connectivity index (χ1) is 12.8. The molecule has 0 amide bonds.